The molecule has 108 valence electrons. The molecule has 3 rings (SSSR count). The van der Waals surface area contributed by atoms with Crippen molar-refractivity contribution in [3.05, 3.63) is 42.0 Å². The van der Waals surface area contributed by atoms with Gasteiger partial charge in [0.15, 0.2) is 17.0 Å². The summed E-state index contributed by atoms with van der Waals surface area (Å²) in [5.74, 6) is 1.45. The first-order chi connectivity index (χ1) is 10.3. The molecule has 0 atom stereocenters. The fourth-order valence-electron chi connectivity index (χ4n) is 2.31. The molecule has 5 nitrogen and oxygen atoms in total. The van der Waals surface area contributed by atoms with Gasteiger partial charge in [-0.1, -0.05) is 25.5 Å². The number of unbranched alkanes of at least 4 members (excludes halogenated alkanes) is 1. The molecule has 0 saturated heterocycles. The Kier molecular flexibility index (Phi) is 3.81. The topological polar surface area (TPSA) is 66.5 Å². The van der Waals surface area contributed by atoms with Crippen LogP contribution in [0.5, 0.6) is 0 Å². The number of benzene rings is 1. The Labute approximate surface area is 123 Å². The number of nitrogens with zero attached hydrogens (tertiary/aromatic N) is 3. The van der Waals surface area contributed by atoms with Gasteiger partial charge in [0.05, 0.1) is 6.33 Å². The third kappa shape index (κ3) is 3.02. The summed E-state index contributed by atoms with van der Waals surface area (Å²) in [4.78, 5) is 16.0. The van der Waals surface area contributed by atoms with Crippen molar-refractivity contribution in [2.24, 2.45) is 0 Å². The van der Waals surface area contributed by atoms with E-state index in [1.165, 1.54) is 18.4 Å². The van der Waals surface area contributed by atoms with Gasteiger partial charge in [0.2, 0.25) is 0 Å². The Hall–Kier alpha value is -2.43. The third-order valence-corrected chi connectivity index (χ3v) is 3.43. The fraction of sp³-hybridized carbons (Fsp3) is 0.312. The molecule has 0 fully saturated rings. The third-order valence-electron chi connectivity index (χ3n) is 3.43. The van der Waals surface area contributed by atoms with Crippen LogP contribution in [0.1, 0.15) is 31.2 Å². The lowest BCUT2D eigenvalue weighted by molar-refractivity contribution is 0.795. The minimum Gasteiger partial charge on any atom is -0.338 e. The molecule has 0 radical (unpaired) electrons. The van der Waals surface area contributed by atoms with E-state index < -0.39 is 0 Å². The first-order valence-electron chi connectivity index (χ1n) is 7.30. The molecule has 0 saturated carbocycles. The predicted molar refractivity (Wildman–Crippen MR) is 84.8 cm³/mol. The Morgan fingerprint density at radius 2 is 1.95 bits per heavy atom. The summed E-state index contributed by atoms with van der Waals surface area (Å²) in [5, 5.41) is 3.32. The van der Waals surface area contributed by atoms with Crippen LogP contribution in [-0.2, 0) is 6.42 Å². The van der Waals surface area contributed by atoms with Gasteiger partial charge >= 0.3 is 0 Å². The Morgan fingerprint density at radius 3 is 2.71 bits per heavy atom. The second-order valence-corrected chi connectivity index (χ2v) is 5.14. The Morgan fingerprint density at radius 1 is 1.14 bits per heavy atom. The number of hydrogen-bond acceptors (Lipinski definition) is 4. The largest absolute Gasteiger partial charge is 0.338 e. The number of aryl methyl sites for hydroxylation is 2. The Bertz CT molecular complexity index is 730. The van der Waals surface area contributed by atoms with Crippen molar-refractivity contribution >= 4 is 22.7 Å². The lowest BCUT2D eigenvalue weighted by Gasteiger charge is -2.08. The number of imidazole rings is 1. The molecule has 2 N–H and O–H groups in total. The highest BCUT2D eigenvalue weighted by Gasteiger charge is 2.08. The zero-order chi connectivity index (χ0) is 14.7. The molecule has 0 amide bonds. The summed E-state index contributed by atoms with van der Waals surface area (Å²) >= 11 is 0. The molecule has 0 unspecified atom stereocenters. The van der Waals surface area contributed by atoms with Crippen LogP contribution in [-0.4, -0.2) is 19.9 Å². The smallest absolute Gasteiger partial charge is 0.163 e. The van der Waals surface area contributed by atoms with Gasteiger partial charge in [0.1, 0.15) is 5.82 Å². The van der Waals surface area contributed by atoms with Crippen molar-refractivity contribution in [1.29, 1.82) is 0 Å². The molecular weight excluding hydrogens is 262 g/mol. The van der Waals surface area contributed by atoms with Gasteiger partial charge in [-0.05, 0) is 37.5 Å². The quantitative estimate of drug-likeness (QED) is 0.747. The lowest BCUT2D eigenvalue weighted by atomic mass is 10.1. The van der Waals surface area contributed by atoms with Crippen molar-refractivity contribution in [1.82, 2.24) is 19.9 Å². The van der Waals surface area contributed by atoms with Crippen LogP contribution in [0.15, 0.2) is 30.6 Å². The van der Waals surface area contributed by atoms with Crippen molar-refractivity contribution in [3.8, 4) is 0 Å². The highest BCUT2D eigenvalue weighted by molar-refractivity contribution is 5.84. The minimum atomic E-state index is 0.716. The standard InChI is InChI=1S/C16H19N5/c1-3-4-5-12-6-8-13(9-7-12)21-16-14-15(18-10-17-14)19-11(2)20-16/h6-10H,3-5H2,1-2H3,(H2,17,18,19,20,21). The molecule has 21 heavy (non-hydrogen) atoms. The Balaban J connectivity index is 1.83. The van der Waals surface area contributed by atoms with Crippen LogP contribution >= 0.6 is 0 Å². The van der Waals surface area contributed by atoms with Crippen molar-refractivity contribution in [2.75, 3.05) is 5.32 Å². The van der Waals surface area contributed by atoms with Crippen LogP contribution in [0.3, 0.4) is 0 Å². The van der Waals surface area contributed by atoms with Crippen molar-refractivity contribution in [3.63, 3.8) is 0 Å². The molecule has 2 heterocycles. The van der Waals surface area contributed by atoms with Gasteiger partial charge in [-0.2, -0.15) is 0 Å². The van der Waals surface area contributed by atoms with E-state index >= 15 is 0 Å². The first kappa shape index (κ1) is 13.5. The molecule has 0 aliphatic heterocycles. The maximum Gasteiger partial charge on any atom is 0.163 e. The van der Waals surface area contributed by atoms with Crippen LogP contribution in [0.2, 0.25) is 0 Å². The average molecular weight is 281 g/mol. The van der Waals surface area contributed by atoms with Crippen LogP contribution < -0.4 is 5.32 Å². The van der Waals surface area contributed by atoms with E-state index in [9.17, 15) is 0 Å². The van der Waals surface area contributed by atoms with E-state index in [2.05, 4.69) is 56.4 Å². The van der Waals surface area contributed by atoms with E-state index in [-0.39, 0.29) is 0 Å². The molecular formula is C16H19N5. The highest BCUT2D eigenvalue weighted by Crippen LogP contribution is 2.21. The predicted octanol–water partition coefficient (Wildman–Crippen LogP) is 3.75. The van der Waals surface area contributed by atoms with Crippen molar-refractivity contribution in [2.45, 2.75) is 33.1 Å². The first-order valence-corrected chi connectivity index (χ1v) is 7.30. The van der Waals surface area contributed by atoms with E-state index in [0.717, 1.165) is 29.1 Å². The minimum absolute atomic E-state index is 0.716. The maximum atomic E-state index is 4.44. The second kappa shape index (κ2) is 5.91. The van der Waals surface area contributed by atoms with Gasteiger partial charge in [-0.15, -0.1) is 0 Å². The molecule has 3 aromatic rings. The van der Waals surface area contributed by atoms with Gasteiger partial charge in [0, 0.05) is 5.69 Å². The van der Waals surface area contributed by atoms with Gasteiger partial charge in [-0.3, -0.25) is 0 Å². The number of hydrogen-bond donors (Lipinski definition) is 2. The number of fused-ring (bicyclic) bond motifs is 1. The summed E-state index contributed by atoms with van der Waals surface area (Å²) in [7, 11) is 0. The van der Waals surface area contributed by atoms with Crippen LogP contribution in [0.25, 0.3) is 11.2 Å². The summed E-state index contributed by atoms with van der Waals surface area (Å²) in [6.07, 6.45) is 5.22. The molecule has 1 aromatic carbocycles. The van der Waals surface area contributed by atoms with Gasteiger partial charge in [0.25, 0.3) is 0 Å². The average Bonchev–Trinajstić information content (AvgIpc) is 2.95. The molecule has 0 bridgehead atoms. The zero-order valence-corrected chi connectivity index (χ0v) is 12.3. The summed E-state index contributed by atoms with van der Waals surface area (Å²) in [6.45, 7) is 4.09. The van der Waals surface area contributed by atoms with Crippen molar-refractivity contribution < 1.29 is 0 Å². The monoisotopic (exact) mass is 281 g/mol. The van der Waals surface area contributed by atoms with E-state index in [1.54, 1.807) is 6.33 Å². The van der Waals surface area contributed by atoms with Crippen LogP contribution in [0, 0.1) is 6.92 Å². The van der Waals surface area contributed by atoms with E-state index in [1.807, 2.05) is 6.92 Å². The number of aromatic nitrogens is 4. The summed E-state index contributed by atoms with van der Waals surface area (Å²) < 4.78 is 0. The molecule has 0 aliphatic carbocycles. The number of H-pyrrole nitrogens is 1. The normalized spacial score (nSPS) is 11.0. The fourth-order valence-corrected chi connectivity index (χ4v) is 2.31. The molecule has 5 heteroatoms. The van der Waals surface area contributed by atoms with Gasteiger partial charge in [-0.25, -0.2) is 15.0 Å². The number of nitrogens with one attached hydrogen (secondary N) is 2. The summed E-state index contributed by atoms with van der Waals surface area (Å²) in [5.41, 5.74) is 3.89. The number of aromatic amines is 1. The van der Waals surface area contributed by atoms with E-state index in [0.29, 0.717) is 5.82 Å². The molecule has 0 spiro atoms. The van der Waals surface area contributed by atoms with Gasteiger partial charge < -0.3 is 10.3 Å². The second-order valence-electron chi connectivity index (χ2n) is 5.14. The SMILES string of the molecule is CCCCc1ccc(Nc2nc(C)nc3[nH]cnc23)cc1. The molecule has 2 aromatic heterocycles. The summed E-state index contributed by atoms with van der Waals surface area (Å²) in [6, 6.07) is 8.49. The molecule has 0 aliphatic rings. The zero-order valence-electron chi connectivity index (χ0n) is 12.3. The number of rotatable bonds is 5. The lowest BCUT2D eigenvalue weighted by Crippen LogP contribution is -1.99. The highest BCUT2D eigenvalue weighted by atomic mass is 15.1. The number of anilines is 2. The van der Waals surface area contributed by atoms with Crippen LogP contribution in [0.4, 0.5) is 11.5 Å². The maximum absolute atomic E-state index is 4.44. The van der Waals surface area contributed by atoms with E-state index in [4.69, 9.17) is 0 Å².